The smallest absolute Gasteiger partial charge is 0.163 e. The fraction of sp³-hybridized carbons (Fsp3) is 0.167. The van der Waals surface area contributed by atoms with Crippen LogP contribution in [0.15, 0.2) is 130 Å². The van der Waals surface area contributed by atoms with Crippen LogP contribution in [0, 0.1) is 0 Å². The molecule has 0 fully saturated rings. The van der Waals surface area contributed by atoms with Crippen molar-refractivity contribution in [3.05, 3.63) is 144 Å². The molecule has 4 aromatic carbocycles. The van der Waals surface area contributed by atoms with E-state index in [1.165, 1.54) is 0 Å². The minimum absolute atomic E-state index is 0.0440. The van der Waals surface area contributed by atoms with Gasteiger partial charge in [-0.3, -0.25) is 0 Å². The van der Waals surface area contributed by atoms with Gasteiger partial charge in [0, 0.05) is 23.3 Å². The molecule has 2 atom stereocenters. The van der Waals surface area contributed by atoms with Crippen LogP contribution in [-0.2, 0) is 18.0 Å². The highest BCUT2D eigenvalue weighted by atomic mass is 16.5. The topological polar surface area (TPSA) is 79.8 Å². The van der Waals surface area contributed by atoms with Crippen LogP contribution in [0.4, 0.5) is 0 Å². The first kappa shape index (κ1) is 28.0. The summed E-state index contributed by atoms with van der Waals surface area (Å²) in [5.74, 6) is 2.82. The van der Waals surface area contributed by atoms with E-state index in [-0.39, 0.29) is 25.4 Å². The Bertz CT molecular complexity index is 1580. The third-order valence-electron chi connectivity index (χ3n) is 7.07. The molecular weight excluding hydrogens is 540 g/mol. The lowest BCUT2D eigenvalue weighted by Crippen LogP contribution is -2.02. The highest BCUT2D eigenvalue weighted by Crippen LogP contribution is 2.28. The number of rotatable bonds is 12. The van der Waals surface area contributed by atoms with Crippen molar-refractivity contribution in [3.63, 3.8) is 0 Å². The predicted octanol–water partition coefficient (Wildman–Crippen LogP) is 8.99. The first-order chi connectivity index (χ1) is 21.1. The monoisotopic (exact) mass is 572 g/mol. The summed E-state index contributed by atoms with van der Waals surface area (Å²) in [6.45, 7) is 4.58. The molecule has 0 N–H and O–H groups in total. The molecule has 0 saturated carbocycles. The highest BCUT2D eigenvalue weighted by molar-refractivity contribution is 5.60. The van der Waals surface area contributed by atoms with Gasteiger partial charge in [0.05, 0.1) is 0 Å². The molecule has 43 heavy (non-hydrogen) atoms. The average Bonchev–Trinajstić information content (AvgIpc) is 3.73. The molecule has 6 rings (SSSR count). The summed E-state index contributed by atoms with van der Waals surface area (Å²) in [6, 6.07) is 39.6. The summed E-state index contributed by atoms with van der Waals surface area (Å²) in [7, 11) is 0. The lowest BCUT2D eigenvalue weighted by molar-refractivity contribution is 0.0727. The number of nitrogens with zero attached hydrogens (tertiary/aromatic N) is 2. The van der Waals surface area contributed by atoms with E-state index >= 15 is 0 Å². The third kappa shape index (κ3) is 7.20. The maximum Gasteiger partial charge on any atom is 0.163 e. The molecule has 0 amide bonds. The molecule has 216 valence electrons. The fourth-order valence-corrected chi connectivity index (χ4v) is 4.69. The summed E-state index contributed by atoms with van der Waals surface area (Å²) < 4.78 is 28.9. The van der Waals surface area contributed by atoms with Gasteiger partial charge in [0.25, 0.3) is 0 Å². The van der Waals surface area contributed by atoms with Gasteiger partial charge in [-0.25, -0.2) is 0 Å². The summed E-state index contributed by atoms with van der Waals surface area (Å²) in [5, 5.41) is 8.39. The second-order valence-electron chi connectivity index (χ2n) is 10.2. The molecule has 0 radical (unpaired) electrons. The van der Waals surface area contributed by atoms with Crippen molar-refractivity contribution in [2.24, 2.45) is 0 Å². The largest absolute Gasteiger partial charge is 0.486 e. The molecule has 0 aliphatic rings. The molecule has 2 aromatic heterocycles. The molecule has 2 heterocycles. The van der Waals surface area contributed by atoms with Crippen molar-refractivity contribution in [2.45, 2.75) is 39.3 Å². The quantitative estimate of drug-likeness (QED) is 0.145. The lowest BCUT2D eigenvalue weighted by atomic mass is 10.1. The van der Waals surface area contributed by atoms with Crippen molar-refractivity contribution in [1.82, 2.24) is 10.3 Å². The van der Waals surface area contributed by atoms with E-state index in [2.05, 4.69) is 34.6 Å². The summed E-state index contributed by atoms with van der Waals surface area (Å²) in [4.78, 5) is 0. The van der Waals surface area contributed by atoms with Crippen molar-refractivity contribution in [3.8, 4) is 34.0 Å². The number of ether oxygens (including phenoxy) is 3. The fourth-order valence-electron chi connectivity index (χ4n) is 4.69. The number of hydrogen-bond donors (Lipinski definition) is 0. The maximum atomic E-state index is 6.07. The normalized spacial score (nSPS) is 12.5. The van der Waals surface area contributed by atoms with Gasteiger partial charge in [-0.1, -0.05) is 71.0 Å². The molecule has 0 saturated heterocycles. The molecule has 0 aliphatic heterocycles. The van der Waals surface area contributed by atoms with E-state index in [9.17, 15) is 0 Å². The van der Waals surface area contributed by atoms with Crippen LogP contribution in [0.3, 0.4) is 0 Å². The first-order valence-electron chi connectivity index (χ1n) is 14.2. The Morgan fingerprint density at radius 3 is 1.33 bits per heavy atom. The van der Waals surface area contributed by atoms with Crippen molar-refractivity contribution in [2.75, 3.05) is 0 Å². The van der Waals surface area contributed by atoms with Crippen molar-refractivity contribution in [1.29, 1.82) is 0 Å². The van der Waals surface area contributed by atoms with Gasteiger partial charge in [-0.2, -0.15) is 0 Å². The van der Waals surface area contributed by atoms with Crippen molar-refractivity contribution >= 4 is 0 Å². The van der Waals surface area contributed by atoms with Gasteiger partial charge in [0.15, 0.2) is 11.5 Å². The lowest BCUT2D eigenvalue weighted by Gasteiger charge is -2.15. The number of aromatic nitrogens is 2. The number of hydrogen-bond acceptors (Lipinski definition) is 7. The zero-order valence-electron chi connectivity index (χ0n) is 24.1. The van der Waals surface area contributed by atoms with Crippen molar-refractivity contribution < 1.29 is 23.3 Å². The Balaban J connectivity index is 0.980. The van der Waals surface area contributed by atoms with Gasteiger partial charge in [-0.15, -0.1) is 0 Å². The Morgan fingerprint density at radius 2 is 0.930 bits per heavy atom. The van der Waals surface area contributed by atoms with Gasteiger partial charge in [0.1, 0.15) is 48.3 Å². The molecule has 0 bridgehead atoms. The van der Waals surface area contributed by atoms with Gasteiger partial charge in [0.2, 0.25) is 0 Å². The predicted molar refractivity (Wildman–Crippen MR) is 163 cm³/mol. The van der Waals surface area contributed by atoms with E-state index in [1.807, 2.05) is 111 Å². The van der Waals surface area contributed by atoms with Gasteiger partial charge < -0.3 is 23.3 Å². The first-order valence-corrected chi connectivity index (χ1v) is 14.2. The molecule has 0 aliphatic carbocycles. The molecule has 0 spiro atoms. The van der Waals surface area contributed by atoms with Crippen LogP contribution in [0.5, 0.6) is 11.5 Å². The minimum atomic E-state index is -0.0440. The Morgan fingerprint density at radius 1 is 0.535 bits per heavy atom. The molecule has 7 heteroatoms. The standard InChI is InChI=1S/C36H32N2O5/c1-25(27-9-5-3-6-10-27)40-31-17-13-29(14-18-31)35-21-33(42-37-35)23-39-24-34-22-36(38-43-34)30-15-19-32(20-16-30)41-26(2)28-11-7-4-8-12-28/h3-22,25-26H,23-24H2,1-2H3. The molecule has 2 unspecified atom stereocenters. The summed E-state index contributed by atoms with van der Waals surface area (Å²) in [5.41, 5.74) is 5.58. The third-order valence-corrected chi connectivity index (χ3v) is 7.07. The van der Waals surface area contributed by atoms with Crippen LogP contribution in [-0.4, -0.2) is 10.3 Å². The SMILES string of the molecule is CC(Oc1ccc(-c2cc(COCc3cc(-c4ccc(OC(C)c5ccccc5)cc4)no3)on2)cc1)c1ccccc1. The zero-order valence-corrected chi connectivity index (χ0v) is 24.1. The maximum absolute atomic E-state index is 6.07. The van der Waals surface area contributed by atoms with Crippen LogP contribution in [0.1, 0.15) is 48.7 Å². The minimum Gasteiger partial charge on any atom is -0.486 e. The van der Waals surface area contributed by atoms with Gasteiger partial charge >= 0.3 is 0 Å². The van der Waals surface area contributed by atoms with E-state index in [1.54, 1.807) is 0 Å². The summed E-state index contributed by atoms with van der Waals surface area (Å²) in [6.07, 6.45) is -0.0879. The van der Waals surface area contributed by atoms with Crippen LogP contribution >= 0.6 is 0 Å². The van der Waals surface area contributed by atoms with Crippen LogP contribution in [0.2, 0.25) is 0 Å². The molecule has 7 nitrogen and oxygen atoms in total. The second-order valence-corrected chi connectivity index (χ2v) is 10.2. The van der Waals surface area contributed by atoms with E-state index in [0.717, 1.165) is 45.1 Å². The van der Waals surface area contributed by atoms with E-state index < -0.39 is 0 Å². The Hall–Kier alpha value is -5.14. The Labute approximate surface area is 250 Å². The highest BCUT2D eigenvalue weighted by Gasteiger charge is 2.12. The molecular formula is C36H32N2O5. The summed E-state index contributed by atoms with van der Waals surface area (Å²) >= 11 is 0. The van der Waals surface area contributed by atoms with Crippen LogP contribution in [0.25, 0.3) is 22.5 Å². The van der Waals surface area contributed by atoms with Gasteiger partial charge in [-0.05, 0) is 73.5 Å². The van der Waals surface area contributed by atoms with E-state index in [0.29, 0.717) is 11.5 Å². The zero-order chi connectivity index (χ0) is 29.4. The second kappa shape index (κ2) is 13.2. The molecule has 6 aromatic rings. The average molecular weight is 573 g/mol. The number of benzene rings is 4. The van der Waals surface area contributed by atoms with E-state index in [4.69, 9.17) is 23.3 Å². The van der Waals surface area contributed by atoms with Crippen LogP contribution < -0.4 is 9.47 Å². The Kier molecular flexibility index (Phi) is 8.61.